The monoisotopic (exact) mass is 408 g/mol. The Labute approximate surface area is 173 Å². The molecule has 1 N–H and O–H groups in total. The smallest absolute Gasteiger partial charge is 0.272 e. The van der Waals surface area contributed by atoms with Gasteiger partial charge in [-0.25, -0.2) is 4.39 Å². The molecule has 7 nitrogen and oxygen atoms in total. The van der Waals surface area contributed by atoms with Crippen molar-refractivity contribution >= 4 is 11.8 Å². The minimum absolute atomic E-state index is 0.180. The lowest BCUT2D eigenvalue weighted by Gasteiger charge is -2.28. The average Bonchev–Trinajstić information content (AvgIpc) is 3.21. The molecule has 0 unspecified atom stereocenters. The zero-order valence-electron chi connectivity index (χ0n) is 16.5. The van der Waals surface area contributed by atoms with Crippen molar-refractivity contribution in [2.75, 3.05) is 13.7 Å². The number of aromatic nitrogens is 2. The summed E-state index contributed by atoms with van der Waals surface area (Å²) < 4.78 is 19.9. The largest absolute Gasteiger partial charge is 0.496 e. The summed E-state index contributed by atoms with van der Waals surface area (Å²) in [5.74, 6) is -0.171. The van der Waals surface area contributed by atoms with Crippen LogP contribution in [-0.4, -0.2) is 40.1 Å². The summed E-state index contributed by atoms with van der Waals surface area (Å²) in [6.45, 7) is 1.65. The summed E-state index contributed by atoms with van der Waals surface area (Å²) in [5.41, 5.74) is 2.24. The zero-order chi connectivity index (χ0) is 21.1. The van der Waals surface area contributed by atoms with Gasteiger partial charge in [-0.1, -0.05) is 30.3 Å². The lowest BCUT2D eigenvalue weighted by atomic mass is 10.1. The zero-order valence-corrected chi connectivity index (χ0v) is 16.5. The molecule has 154 valence electrons. The van der Waals surface area contributed by atoms with Gasteiger partial charge in [0.25, 0.3) is 11.8 Å². The fourth-order valence-electron chi connectivity index (χ4n) is 3.41. The van der Waals surface area contributed by atoms with Crippen molar-refractivity contribution in [2.24, 2.45) is 0 Å². The topological polar surface area (TPSA) is 76.5 Å². The first-order valence-electron chi connectivity index (χ1n) is 9.57. The van der Waals surface area contributed by atoms with E-state index in [4.69, 9.17) is 4.74 Å². The molecule has 0 spiro atoms. The SMILES string of the molecule is COc1ccccc1CN1CCn2nc(C(=O)NCc3ccc(F)cc3)cc2C1=O. The van der Waals surface area contributed by atoms with Crippen LogP contribution in [0, 0.1) is 5.82 Å². The molecule has 2 aromatic carbocycles. The number of nitrogens with one attached hydrogen (secondary N) is 1. The van der Waals surface area contributed by atoms with E-state index in [0.29, 0.717) is 25.3 Å². The van der Waals surface area contributed by atoms with E-state index in [1.807, 2.05) is 24.3 Å². The third-order valence-corrected chi connectivity index (χ3v) is 5.02. The lowest BCUT2D eigenvalue weighted by molar-refractivity contribution is 0.0681. The van der Waals surface area contributed by atoms with Gasteiger partial charge >= 0.3 is 0 Å². The van der Waals surface area contributed by atoms with E-state index in [-0.39, 0.29) is 29.9 Å². The van der Waals surface area contributed by atoms with Crippen molar-refractivity contribution in [1.29, 1.82) is 0 Å². The summed E-state index contributed by atoms with van der Waals surface area (Å²) in [5, 5.41) is 7.02. The van der Waals surface area contributed by atoms with Gasteiger partial charge in [0, 0.05) is 31.3 Å². The maximum Gasteiger partial charge on any atom is 0.272 e. The van der Waals surface area contributed by atoms with Crippen LogP contribution >= 0.6 is 0 Å². The molecule has 1 aliphatic heterocycles. The molecule has 0 radical (unpaired) electrons. The normalized spacial score (nSPS) is 13.1. The van der Waals surface area contributed by atoms with Gasteiger partial charge in [-0.3, -0.25) is 14.3 Å². The minimum Gasteiger partial charge on any atom is -0.496 e. The highest BCUT2D eigenvalue weighted by molar-refractivity contribution is 5.98. The highest BCUT2D eigenvalue weighted by atomic mass is 19.1. The molecule has 2 amide bonds. The summed E-state index contributed by atoms with van der Waals surface area (Å²) in [6.07, 6.45) is 0. The third-order valence-electron chi connectivity index (χ3n) is 5.02. The predicted molar refractivity (Wildman–Crippen MR) is 108 cm³/mol. The van der Waals surface area contributed by atoms with Crippen LogP contribution < -0.4 is 10.1 Å². The number of rotatable bonds is 6. The number of carbonyl (C=O) groups excluding carboxylic acids is 2. The van der Waals surface area contributed by atoms with E-state index in [2.05, 4.69) is 10.4 Å². The Morgan fingerprint density at radius 3 is 2.70 bits per heavy atom. The number of fused-ring (bicyclic) bond motifs is 1. The molecular weight excluding hydrogens is 387 g/mol. The van der Waals surface area contributed by atoms with Gasteiger partial charge in [-0.05, 0) is 23.8 Å². The van der Waals surface area contributed by atoms with Gasteiger partial charge in [-0.2, -0.15) is 5.10 Å². The number of nitrogens with zero attached hydrogens (tertiary/aromatic N) is 3. The molecular formula is C22H21FN4O3. The summed E-state index contributed by atoms with van der Waals surface area (Å²) in [6, 6.07) is 15.0. The van der Waals surface area contributed by atoms with Gasteiger partial charge in [-0.15, -0.1) is 0 Å². The van der Waals surface area contributed by atoms with Gasteiger partial charge in [0.1, 0.15) is 17.3 Å². The second-order valence-electron chi connectivity index (χ2n) is 6.99. The Kier molecular flexibility index (Phi) is 5.47. The fraction of sp³-hybridized carbons (Fsp3) is 0.227. The molecule has 0 fully saturated rings. The first-order valence-corrected chi connectivity index (χ1v) is 9.57. The number of para-hydroxylation sites is 1. The Hall–Kier alpha value is -3.68. The van der Waals surface area contributed by atoms with E-state index in [1.165, 1.54) is 18.2 Å². The van der Waals surface area contributed by atoms with E-state index >= 15 is 0 Å². The maximum atomic E-state index is 13.0. The van der Waals surface area contributed by atoms with Crippen molar-refractivity contribution in [3.05, 3.63) is 82.9 Å². The second kappa shape index (κ2) is 8.36. The lowest BCUT2D eigenvalue weighted by Crippen LogP contribution is -2.39. The number of carbonyl (C=O) groups is 2. The molecule has 3 aromatic rings. The summed E-state index contributed by atoms with van der Waals surface area (Å²) >= 11 is 0. The first kappa shape index (κ1) is 19.6. The Balaban J connectivity index is 1.44. The van der Waals surface area contributed by atoms with E-state index in [9.17, 15) is 14.0 Å². The van der Waals surface area contributed by atoms with Gasteiger partial charge in [0.2, 0.25) is 0 Å². The Morgan fingerprint density at radius 1 is 1.17 bits per heavy atom. The molecule has 8 heteroatoms. The van der Waals surface area contributed by atoms with Crippen LogP contribution in [0.1, 0.15) is 32.1 Å². The van der Waals surface area contributed by atoms with Crippen molar-refractivity contribution in [3.8, 4) is 5.75 Å². The van der Waals surface area contributed by atoms with Crippen LogP contribution in [0.4, 0.5) is 4.39 Å². The van der Waals surface area contributed by atoms with Crippen LogP contribution in [0.25, 0.3) is 0 Å². The summed E-state index contributed by atoms with van der Waals surface area (Å²) in [4.78, 5) is 27.1. The van der Waals surface area contributed by atoms with Crippen LogP contribution in [-0.2, 0) is 19.6 Å². The summed E-state index contributed by atoms with van der Waals surface area (Å²) in [7, 11) is 1.60. The number of hydrogen-bond donors (Lipinski definition) is 1. The van der Waals surface area contributed by atoms with Crippen LogP contribution in [0.2, 0.25) is 0 Å². The van der Waals surface area contributed by atoms with Crippen molar-refractivity contribution in [2.45, 2.75) is 19.6 Å². The number of benzene rings is 2. The second-order valence-corrected chi connectivity index (χ2v) is 6.99. The molecule has 1 aromatic heterocycles. The highest BCUT2D eigenvalue weighted by Gasteiger charge is 2.28. The molecule has 0 aliphatic carbocycles. The van der Waals surface area contributed by atoms with Crippen LogP contribution in [0.3, 0.4) is 0 Å². The maximum absolute atomic E-state index is 13.0. The molecule has 0 bridgehead atoms. The van der Waals surface area contributed by atoms with E-state index in [0.717, 1.165) is 16.9 Å². The highest BCUT2D eigenvalue weighted by Crippen LogP contribution is 2.22. The predicted octanol–water partition coefficient (Wildman–Crippen LogP) is 2.62. The Morgan fingerprint density at radius 2 is 1.93 bits per heavy atom. The molecule has 0 atom stereocenters. The molecule has 4 rings (SSSR count). The van der Waals surface area contributed by atoms with Crippen molar-refractivity contribution in [1.82, 2.24) is 20.0 Å². The molecule has 1 aliphatic rings. The van der Waals surface area contributed by atoms with Crippen LogP contribution in [0.15, 0.2) is 54.6 Å². The number of ether oxygens (including phenoxy) is 1. The molecule has 0 saturated heterocycles. The van der Waals surface area contributed by atoms with Gasteiger partial charge in [0.15, 0.2) is 5.69 Å². The molecule has 0 saturated carbocycles. The van der Waals surface area contributed by atoms with E-state index < -0.39 is 0 Å². The quantitative estimate of drug-likeness (QED) is 0.680. The third kappa shape index (κ3) is 4.03. The number of halogens is 1. The number of methoxy groups -OCH3 is 1. The fourth-order valence-corrected chi connectivity index (χ4v) is 3.41. The van der Waals surface area contributed by atoms with Gasteiger partial charge < -0.3 is 15.0 Å². The molecule has 30 heavy (non-hydrogen) atoms. The standard InChI is InChI=1S/C22H21FN4O3/c1-30-20-5-3-2-4-16(20)14-26-10-11-27-19(22(26)29)12-18(25-27)21(28)24-13-15-6-8-17(23)9-7-15/h2-9,12H,10-11,13-14H2,1H3,(H,24,28). The first-order chi connectivity index (χ1) is 14.5. The minimum atomic E-state index is -0.384. The van der Waals surface area contributed by atoms with Crippen molar-refractivity contribution in [3.63, 3.8) is 0 Å². The van der Waals surface area contributed by atoms with E-state index in [1.54, 1.807) is 28.8 Å². The van der Waals surface area contributed by atoms with Crippen LogP contribution in [0.5, 0.6) is 5.75 Å². The number of amides is 2. The Bertz CT molecular complexity index is 1080. The number of hydrogen-bond acceptors (Lipinski definition) is 4. The average molecular weight is 408 g/mol. The van der Waals surface area contributed by atoms with Crippen molar-refractivity contribution < 1.29 is 18.7 Å². The van der Waals surface area contributed by atoms with Gasteiger partial charge in [0.05, 0.1) is 13.7 Å². The molecule has 2 heterocycles.